The molecule has 0 spiro atoms. The molecule has 1 amide bonds. The zero-order valence-electron chi connectivity index (χ0n) is 14.5. The van der Waals surface area contributed by atoms with Gasteiger partial charge in [0, 0.05) is 37.8 Å². The maximum atomic E-state index is 12.5. The first-order valence-corrected chi connectivity index (χ1v) is 8.36. The number of amides is 1. The number of anilines is 1. The molecule has 126 valence electrons. The van der Waals surface area contributed by atoms with E-state index in [0.29, 0.717) is 5.56 Å². The van der Waals surface area contributed by atoms with Gasteiger partial charge in [0.25, 0.3) is 5.91 Å². The molecule has 0 aromatic heterocycles. The lowest BCUT2D eigenvalue weighted by Crippen LogP contribution is -2.34. The van der Waals surface area contributed by atoms with Crippen molar-refractivity contribution in [1.29, 1.82) is 0 Å². The van der Waals surface area contributed by atoms with E-state index >= 15 is 0 Å². The summed E-state index contributed by atoms with van der Waals surface area (Å²) < 4.78 is 5.54. The predicted octanol–water partition coefficient (Wildman–Crippen LogP) is 3.05. The van der Waals surface area contributed by atoms with Gasteiger partial charge in [0.2, 0.25) is 0 Å². The summed E-state index contributed by atoms with van der Waals surface area (Å²) in [6.07, 6.45) is 1.79. The van der Waals surface area contributed by atoms with E-state index in [9.17, 15) is 4.79 Å². The Bertz CT molecular complexity index is 740. The zero-order valence-corrected chi connectivity index (χ0v) is 14.5. The van der Waals surface area contributed by atoms with Gasteiger partial charge in [-0.15, -0.1) is 0 Å². The minimum Gasteiger partial charge on any atom is -0.493 e. The number of ether oxygens (including phenoxy) is 1. The molecule has 4 heteroatoms. The van der Waals surface area contributed by atoms with Gasteiger partial charge in [-0.2, -0.15) is 0 Å². The third-order valence-corrected chi connectivity index (χ3v) is 4.30. The number of fused-ring (bicyclic) bond motifs is 1. The highest BCUT2D eigenvalue weighted by Crippen LogP contribution is 2.26. The lowest BCUT2D eigenvalue weighted by atomic mass is 10.0. The average Bonchev–Trinajstić information content (AvgIpc) is 3.02. The maximum Gasteiger partial charge on any atom is 0.251 e. The lowest BCUT2D eigenvalue weighted by Gasteiger charge is -2.16. The number of nitrogens with zero attached hydrogens (tertiary/aromatic N) is 1. The highest BCUT2D eigenvalue weighted by Gasteiger charge is 2.15. The standard InChI is InChI=1S/C20H24N2O2/c1-14(11-15-7-8-19-16(12-15)9-10-24-19)21-20(23)17-5-4-6-18(13-17)22(2)3/h4-8,12-14H,9-11H2,1-3H3,(H,21,23)/t14-/m0/s1. The molecular formula is C20H24N2O2. The van der Waals surface area contributed by atoms with E-state index in [0.717, 1.165) is 30.9 Å². The van der Waals surface area contributed by atoms with Crippen molar-refractivity contribution < 1.29 is 9.53 Å². The van der Waals surface area contributed by atoms with Crippen LogP contribution in [-0.4, -0.2) is 32.7 Å². The molecule has 1 aliphatic rings. The van der Waals surface area contributed by atoms with Crippen molar-refractivity contribution in [2.45, 2.75) is 25.8 Å². The number of rotatable bonds is 5. The van der Waals surface area contributed by atoms with E-state index in [1.165, 1.54) is 11.1 Å². The molecule has 1 N–H and O–H groups in total. The molecule has 3 rings (SSSR count). The van der Waals surface area contributed by atoms with Crippen molar-refractivity contribution in [3.63, 3.8) is 0 Å². The maximum absolute atomic E-state index is 12.5. The summed E-state index contributed by atoms with van der Waals surface area (Å²) in [6, 6.07) is 14.0. The minimum absolute atomic E-state index is 0.0318. The van der Waals surface area contributed by atoms with Crippen LogP contribution in [0.5, 0.6) is 5.75 Å². The molecule has 0 saturated heterocycles. The van der Waals surface area contributed by atoms with E-state index in [1.54, 1.807) is 0 Å². The van der Waals surface area contributed by atoms with Crippen LogP contribution >= 0.6 is 0 Å². The van der Waals surface area contributed by atoms with E-state index in [2.05, 4.69) is 17.4 Å². The quantitative estimate of drug-likeness (QED) is 0.919. The molecule has 0 aliphatic carbocycles. The van der Waals surface area contributed by atoms with Crippen LogP contribution in [0.1, 0.15) is 28.4 Å². The fourth-order valence-corrected chi connectivity index (χ4v) is 3.00. The molecule has 0 saturated carbocycles. The van der Waals surface area contributed by atoms with E-state index < -0.39 is 0 Å². The summed E-state index contributed by atoms with van der Waals surface area (Å²) in [6.45, 7) is 2.81. The third-order valence-electron chi connectivity index (χ3n) is 4.30. The van der Waals surface area contributed by atoms with E-state index in [-0.39, 0.29) is 11.9 Å². The smallest absolute Gasteiger partial charge is 0.251 e. The minimum atomic E-state index is -0.0318. The van der Waals surface area contributed by atoms with Crippen LogP contribution < -0.4 is 15.0 Å². The molecule has 0 fully saturated rings. The second-order valence-corrected chi connectivity index (χ2v) is 6.56. The Hall–Kier alpha value is -2.49. The summed E-state index contributed by atoms with van der Waals surface area (Å²) in [4.78, 5) is 14.5. The van der Waals surface area contributed by atoms with Crippen LogP contribution in [0.3, 0.4) is 0 Å². The Kier molecular flexibility index (Phi) is 4.74. The van der Waals surface area contributed by atoms with Crippen molar-refractivity contribution in [2.24, 2.45) is 0 Å². The SMILES string of the molecule is C[C@@H](Cc1ccc2c(c1)CCO2)NC(=O)c1cccc(N(C)C)c1. The Labute approximate surface area is 143 Å². The van der Waals surface area contributed by atoms with Crippen LogP contribution in [0.15, 0.2) is 42.5 Å². The summed E-state index contributed by atoms with van der Waals surface area (Å²) in [5.41, 5.74) is 4.21. The largest absolute Gasteiger partial charge is 0.493 e. The highest BCUT2D eigenvalue weighted by molar-refractivity contribution is 5.95. The van der Waals surface area contributed by atoms with Crippen molar-refractivity contribution in [3.8, 4) is 5.75 Å². The Morgan fingerprint density at radius 2 is 2.08 bits per heavy atom. The van der Waals surface area contributed by atoms with E-state index in [4.69, 9.17) is 4.74 Å². The van der Waals surface area contributed by atoms with Gasteiger partial charge in [-0.25, -0.2) is 0 Å². The van der Waals surface area contributed by atoms with Gasteiger partial charge in [0.15, 0.2) is 0 Å². The molecule has 0 bridgehead atoms. The molecule has 0 radical (unpaired) electrons. The van der Waals surface area contributed by atoms with Crippen LogP contribution in [0.2, 0.25) is 0 Å². The third kappa shape index (κ3) is 3.70. The van der Waals surface area contributed by atoms with Gasteiger partial charge in [0.1, 0.15) is 5.75 Å². The molecule has 1 aliphatic heterocycles. The van der Waals surface area contributed by atoms with Gasteiger partial charge < -0.3 is 15.0 Å². The van der Waals surface area contributed by atoms with Crippen molar-refractivity contribution in [3.05, 3.63) is 59.2 Å². The van der Waals surface area contributed by atoms with Gasteiger partial charge in [-0.3, -0.25) is 4.79 Å². The highest BCUT2D eigenvalue weighted by atomic mass is 16.5. The fourth-order valence-electron chi connectivity index (χ4n) is 3.00. The Morgan fingerprint density at radius 3 is 2.88 bits per heavy atom. The van der Waals surface area contributed by atoms with Gasteiger partial charge in [-0.05, 0) is 48.7 Å². The van der Waals surface area contributed by atoms with Crippen molar-refractivity contribution in [1.82, 2.24) is 5.32 Å². The molecular weight excluding hydrogens is 300 g/mol. The molecule has 1 heterocycles. The molecule has 24 heavy (non-hydrogen) atoms. The molecule has 2 aromatic rings. The zero-order chi connectivity index (χ0) is 17.1. The molecule has 4 nitrogen and oxygen atoms in total. The van der Waals surface area contributed by atoms with E-state index in [1.807, 2.05) is 56.3 Å². The average molecular weight is 324 g/mol. The number of nitrogens with one attached hydrogen (secondary N) is 1. The Balaban J connectivity index is 1.63. The summed E-state index contributed by atoms with van der Waals surface area (Å²) >= 11 is 0. The van der Waals surface area contributed by atoms with Gasteiger partial charge >= 0.3 is 0 Å². The van der Waals surface area contributed by atoms with Gasteiger partial charge in [-0.1, -0.05) is 18.2 Å². The monoisotopic (exact) mass is 324 g/mol. The van der Waals surface area contributed by atoms with Crippen LogP contribution in [-0.2, 0) is 12.8 Å². The van der Waals surface area contributed by atoms with Crippen LogP contribution in [0.4, 0.5) is 5.69 Å². The normalized spacial score (nSPS) is 13.8. The number of benzene rings is 2. The Morgan fingerprint density at radius 1 is 1.25 bits per heavy atom. The van der Waals surface area contributed by atoms with Crippen molar-refractivity contribution >= 4 is 11.6 Å². The van der Waals surface area contributed by atoms with Crippen LogP contribution in [0.25, 0.3) is 0 Å². The number of carbonyl (C=O) groups excluding carboxylic acids is 1. The molecule has 0 unspecified atom stereocenters. The van der Waals surface area contributed by atoms with Crippen LogP contribution in [0, 0.1) is 0 Å². The second-order valence-electron chi connectivity index (χ2n) is 6.56. The first kappa shape index (κ1) is 16.4. The first-order chi connectivity index (χ1) is 11.5. The molecule has 2 aromatic carbocycles. The lowest BCUT2D eigenvalue weighted by molar-refractivity contribution is 0.0940. The summed E-state index contributed by atoms with van der Waals surface area (Å²) in [5, 5.41) is 3.09. The predicted molar refractivity (Wildman–Crippen MR) is 97.0 cm³/mol. The van der Waals surface area contributed by atoms with Crippen molar-refractivity contribution in [2.75, 3.05) is 25.6 Å². The number of hydrogen-bond donors (Lipinski definition) is 1. The first-order valence-electron chi connectivity index (χ1n) is 8.36. The number of hydrogen-bond acceptors (Lipinski definition) is 3. The number of carbonyl (C=O) groups is 1. The summed E-state index contributed by atoms with van der Waals surface area (Å²) in [5.74, 6) is 0.964. The molecule has 1 atom stereocenters. The fraction of sp³-hybridized carbons (Fsp3) is 0.350. The second kappa shape index (κ2) is 6.95. The topological polar surface area (TPSA) is 41.6 Å². The van der Waals surface area contributed by atoms with Gasteiger partial charge in [0.05, 0.1) is 6.61 Å². The summed E-state index contributed by atoms with van der Waals surface area (Å²) in [7, 11) is 3.94.